The number of rotatable bonds is 2. The molecule has 0 radical (unpaired) electrons. The van der Waals surface area contributed by atoms with E-state index in [-0.39, 0.29) is 0 Å². The number of aromatic nitrogens is 1. The van der Waals surface area contributed by atoms with Crippen molar-refractivity contribution in [2.24, 2.45) is 17.6 Å². The molecule has 1 aliphatic carbocycles. The number of hydrogen-bond donors (Lipinski definition) is 1. The van der Waals surface area contributed by atoms with Crippen molar-refractivity contribution >= 4 is 10.9 Å². The van der Waals surface area contributed by atoms with Crippen LogP contribution in [0.1, 0.15) is 25.5 Å². The molecule has 1 heterocycles. The minimum atomic E-state index is 0.385. The molecule has 2 nitrogen and oxygen atoms in total. The van der Waals surface area contributed by atoms with Crippen LogP contribution in [0.25, 0.3) is 10.9 Å². The van der Waals surface area contributed by atoms with Crippen molar-refractivity contribution in [3.63, 3.8) is 0 Å². The number of nitrogens with two attached hydrogens (primary N) is 1. The van der Waals surface area contributed by atoms with Crippen molar-refractivity contribution in [2.45, 2.75) is 32.2 Å². The summed E-state index contributed by atoms with van der Waals surface area (Å²) in [5, 5.41) is 1.22. The van der Waals surface area contributed by atoms with Crippen molar-refractivity contribution in [3.05, 3.63) is 42.1 Å². The van der Waals surface area contributed by atoms with E-state index in [1.165, 1.54) is 23.9 Å². The number of fused-ring (bicyclic) bond motifs is 1. The Morgan fingerprint density at radius 1 is 1.17 bits per heavy atom. The summed E-state index contributed by atoms with van der Waals surface area (Å²) in [5.41, 5.74) is 8.40. The highest BCUT2D eigenvalue weighted by Gasteiger charge is 2.30. The molecule has 0 bridgehead atoms. The Hall–Kier alpha value is -1.41. The first kappa shape index (κ1) is 11.7. The number of benzene rings is 1. The van der Waals surface area contributed by atoms with E-state index in [1.54, 1.807) is 0 Å². The van der Waals surface area contributed by atoms with Gasteiger partial charge in [0.15, 0.2) is 0 Å². The standard InChI is InChI=1S/C16H20N2/c1-11-13(7-9-15(11)17)10-14-8-6-12-4-2-3-5-16(12)18-14/h2-6,8,11,13,15H,7,9-10,17H2,1H3. The third-order valence-electron chi connectivity index (χ3n) is 4.42. The molecule has 3 rings (SSSR count). The Balaban J connectivity index is 1.82. The molecule has 0 saturated heterocycles. The van der Waals surface area contributed by atoms with Gasteiger partial charge in [-0.3, -0.25) is 4.98 Å². The van der Waals surface area contributed by atoms with Crippen LogP contribution in [0.4, 0.5) is 0 Å². The summed E-state index contributed by atoms with van der Waals surface area (Å²) >= 11 is 0. The summed E-state index contributed by atoms with van der Waals surface area (Å²) in [6, 6.07) is 13.0. The van der Waals surface area contributed by atoms with E-state index in [1.807, 2.05) is 6.07 Å². The third kappa shape index (κ3) is 2.13. The van der Waals surface area contributed by atoms with Crippen LogP contribution in [-0.2, 0) is 6.42 Å². The number of pyridine rings is 1. The quantitative estimate of drug-likeness (QED) is 0.875. The van der Waals surface area contributed by atoms with E-state index in [2.05, 4.69) is 37.3 Å². The minimum absolute atomic E-state index is 0.385. The van der Waals surface area contributed by atoms with Crippen LogP contribution in [-0.4, -0.2) is 11.0 Å². The van der Waals surface area contributed by atoms with E-state index >= 15 is 0 Å². The van der Waals surface area contributed by atoms with Gasteiger partial charge in [-0.2, -0.15) is 0 Å². The van der Waals surface area contributed by atoms with Gasteiger partial charge in [0.05, 0.1) is 5.52 Å². The van der Waals surface area contributed by atoms with Gasteiger partial charge in [0.2, 0.25) is 0 Å². The molecule has 1 aromatic heterocycles. The summed E-state index contributed by atoms with van der Waals surface area (Å²) < 4.78 is 0. The summed E-state index contributed by atoms with van der Waals surface area (Å²) in [6.45, 7) is 2.28. The Bertz CT molecular complexity index is 550. The number of para-hydroxylation sites is 1. The number of hydrogen-bond acceptors (Lipinski definition) is 2. The average molecular weight is 240 g/mol. The van der Waals surface area contributed by atoms with Crippen molar-refractivity contribution in [3.8, 4) is 0 Å². The molecular weight excluding hydrogens is 220 g/mol. The zero-order chi connectivity index (χ0) is 12.5. The topological polar surface area (TPSA) is 38.9 Å². The van der Waals surface area contributed by atoms with Crippen LogP contribution in [0.5, 0.6) is 0 Å². The van der Waals surface area contributed by atoms with Gasteiger partial charge in [0.25, 0.3) is 0 Å². The van der Waals surface area contributed by atoms with Gasteiger partial charge < -0.3 is 5.73 Å². The molecule has 1 fully saturated rings. The van der Waals surface area contributed by atoms with Gasteiger partial charge in [0.1, 0.15) is 0 Å². The van der Waals surface area contributed by atoms with Crippen molar-refractivity contribution in [2.75, 3.05) is 0 Å². The first-order valence-corrected chi connectivity index (χ1v) is 6.84. The second kappa shape index (κ2) is 4.69. The lowest BCUT2D eigenvalue weighted by Crippen LogP contribution is -2.25. The van der Waals surface area contributed by atoms with E-state index < -0.39 is 0 Å². The van der Waals surface area contributed by atoms with Crippen LogP contribution >= 0.6 is 0 Å². The maximum atomic E-state index is 6.09. The molecule has 2 N–H and O–H groups in total. The van der Waals surface area contributed by atoms with Gasteiger partial charge in [-0.25, -0.2) is 0 Å². The summed E-state index contributed by atoms with van der Waals surface area (Å²) in [5.74, 6) is 1.33. The lowest BCUT2D eigenvalue weighted by atomic mass is 9.91. The predicted molar refractivity (Wildman–Crippen MR) is 75.3 cm³/mol. The Morgan fingerprint density at radius 3 is 2.78 bits per heavy atom. The first-order chi connectivity index (χ1) is 8.74. The highest BCUT2D eigenvalue weighted by Crippen LogP contribution is 2.32. The van der Waals surface area contributed by atoms with E-state index in [9.17, 15) is 0 Å². The lowest BCUT2D eigenvalue weighted by Gasteiger charge is -2.17. The Morgan fingerprint density at radius 2 is 2.00 bits per heavy atom. The molecule has 3 atom stereocenters. The van der Waals surface area contributed by atoms with Gasteiger partial charge in [-0.15, -0.1) is 0 Å². The summed E-state index contributed by atoms with van der Waals surface area (Å²) in [7, 11) is 0. The van der Waals surface area contributed by atoms with Gasteiger partial charge in [0, 0.05) is 17.1 Å². The largest absolute Gasteiger partial charge is 0.327 e. The smallest absolute Gasteiger partial charge is 0.0705 e. The van der Waals surface area contributed by atoms with Gasteiger partial charge in [-0.1, -0.05) is 31.2 Å². The fourth-order valence-electron chi connectivity index (χ4n) is 3.06. The zero-order valence-electron chi connectivity index (χ0n) is 10.8. The first-order valence-electron chi connectivity index (χ1n) is 6.84. The molecule has 0 amide bonds. The molecule has 3 unspecified atom stereocenters. The van der Waals surface area contributed by atoms with E-state index in [0.717, 1.165) is 11.9 Å². The van der Waals surface area contributed by atoms with E-state index in [4.69, 9.17) is 10.7 Å². The third-order valence-corrected chi connectivity index (χ3v) is 4.42. The van der Waals surface area contributed by atoms with Crippen LogP contribution in [0.2, 0.25) is 0 Å². The SMILES string of the molecule is CC1C(N)CCC1Cc1ccc2ccccc2n1. The molecule has 0 spiro atoms. The molecule has 2 heteroatoms. The highest BCUT2D eigenvalue weighted by molar-refractivity contribution is 5.78. The monoisotopic (exact) mass is 240 g/mol. The fraction of sp³-hybridized carbons (Fsp3) is 0.438. The van der Waals surface area contributed by atoms with Crippen LogP contribution < -0.4 is 5.73 Å². The molecule has 1 aromatic carbocycles. The maximum Gasteiger partial charge on any atom is 0.0705 e. The summed E-state index contributed by atoms with van der Waals surface area (Å²) in [6.07, 6.45) is 3.48. The second-order valence-electron chi connectivity index (χ2n) is 5.56. The van der Waals surface area contributed by atoms with Crippen molar-refractivity contribution < 1.29 is 0 Å². The molecule has 1 saturated carbocycles. The second-order valence-corrected chi connectivity index (χ2v) is 5.56. The van der Waals surface area contributed by atoms with Gasteiger partial charge >= 0.3 is 0 Å². The molecule has 2 aromatic rings. The van der Waals surface area contributed by atoms with Crippen molar-refractivity contribution in [1.29, 1.82) is 0 Å². The normalized spacial score (nSPS) is 27.8. The highest BCUT2D eigenvalue weighted by atomic mass is 14.7. The maximum absolute atomic E-state index is 6.09. The van der Waals surface area contributed by atoms with Crippen LogP contribution in [0.15, 0.2) is 36.4 Å². The Kier molecular flexibility index (Phi) is 3.04. The predicted octanol–water partition coefficient (Wildman–Crippen LogP) is 3.15. The molecule has 0 aliphatic heterocycles. The summed E-state index contributed by atoms with van der Waals surface area (Å²) in [4.78, 5) is 4.76. The lowest BCUT2D eigenvalue weighted by molar-refractivity contribution is 0.388. The average Bonchev–Trinajstić information content (AvgIpc) is 2.71. The molecule has 18 heavy (non-hydrogen) atoms. The van der Waals surface area contributed by atoms with E-state index in [0.29, 0.717) is 17.9 Å². The molecule has 1 aliphatic rings. The van der Waals surface area contributed by atoms with Crippen LogP contribution in [0, 0.1) is 11.8 Å². The molecule has 94 valence electrons. The van der Waals surface area contributed by atoms with Crippen molar-refractivity contribution in [1.82, 2.24) is 4.98 Å². The number of nitrogens with zero attached hydrogens (tertiary/aromatic N) is 1. The van der Waals surface area contributed by atoms with Gasteiger partial charge in [-0.05, 0) is 43.2 Å². The Labute approximate surface area is 108 Å². The van der Waals surface area contributed by atoms with Crippen LogP contribution in [0.3, 0.4) is 0 Å². The minimum Gasteiger partial charge on any atom is -0.327 e. The fourth-order valence-corrected chi connectivity index (χ4v) is 3.06. The molecular formula is C16H20N2. The zero-order valence-corrected chi connectivity index (χ0v) is 10.8.